The highest BCUT2D eigenvalue weighted by molar-refractivity contribution is 6.30. The summed E-state index contributed by atoms with van der Waals surface area (Å²) in [6.45, 7) is 6.04. The third kappa shape index (κ3) is 3.95. The van der Waals surface area contributed by atoms with Gasteiger partial charge in [-0.1, -0.05) is 32.4 Å². The van der Waals surface area contributed by atoms with Gasteiger partial charge in [-0.15, -0.1) is 0 Å². The van der Waals surface area contributed by atoms with Crippen molar-refractivity contribution in [2.24, 2.45) is 5.41 Å². The molecule has 0 radical (unpaired) electrons. The minimum absolute atomic E-state index is 0.0675. The molecule has 1 heterocycles. The van der Waals surface area contributed by atoms with Crippen molar-refractivity contribution < 1.29 is 9.84 Å². The zero-order valence-corrected chi connectivity index (χ0v) is 13.2. The SMILES string of the molecule is CC(C)(C)CC(CO)(Oc1ccc(Cl)cc1)c1ncn[nH]1. The molecule has 2 aromatic rings. The summed E-state index contributed by atoms with van der Waals surface area (Å²) in [6.07, 6.45) is 1.99. The lowest BCUT2D eigenvalue weighted by atomic mass is 9.81. The van der Waals surface area contributed by atoms with Gasteiger partial charge in [-0.3, -0.25) is 5.10 Å². The standard InChI is InChI=1S/C15H20ClN3O2/c1-14(2,3)8-15(9-20,13-17-10-18-19-13)21-12-6-4-11(16)5-7-12/h4-7,10,20H,8-9H2,1-3H3,(H,17,18,19). The highest BCUT2D eigenvalue weighted by Crippen LogP contribution is 2.37. The minimum atomic E-state index is -0.970. The predicted octanol–water partition coefficient (Wildman–Crippen LogP) is 3.16. The van der Waals surface area contributed by atoms with Gasteiger partial charge < -0.3 is 9.84 Å². The molecule has 0 saturated heterocycles. The second kappa shape index (κ2) is 6.03. The molecule has 2 N–H and O–H groups in total. The Balaban J connectivity index is 2.37. The maximum absolute atomic E-state index is 9.99. The third-order valence-electron chi connectivity index (χ3n) is 3.04. The molecule has 2 rings (SSSR count). The van der Waals surface area contributed by atoms with Crippen LogP contribution in [0.2, 0.25) is 5.02 Å². The number of aromatic amines is 1. The Kier molecular flexibility index (Phi) is 4.54. The average molecular weight is 310 g/mol. The van der Waals surface area contributed by atoms with Crippen molar-refractivity contribution in [3.05, 3.63) is 41.4 Å². The van der Waals surface area contributed by atoms with Gasteiger partial charge in [0, 0.05) is 11.4 Å². The van der Waals surface area contributed by atoms with Crippen LogP contribution >= 0.6 is 11.6 Å². The molecule has 114 valence electrons. The van der Waals surface area contributed by atoms with Crippen LogP contribution in [0.4, 0.5) is 0 Å². The number of hydrogen-bond acceptors (Lipinski definition) is 4. The van der Waals surface area contributed by atoms with Crippen LogP contribution in [0.5, 0.6) is 5.75 Å². The average Bonchev–Trinajstić information content (AvgIpc) is 2.93. The van der Waals surface area contributed by atoms with Crippen molar-refractivity contribution in [1.29, 1.82) is 0 Å². The van der Waals surface area contributed by atoms with E-state index in [2.05, 4.69) is 36.0 Å². The van der Waals surface area contributed by atoms with E-state index in [-0.39, 0.29) is 12.0 Å². The van der Waals surface area contributed by atoms with Crippen LogP contribution in [0.25, 0.3) is 0 Å². The number of aliphatic hydroxyl groups excluding tert-OH is 1. The summed E-state index contributed by atoms with van der Waals surface area (Å²) in [4.78, 5) is 4.18. The lowest BCUT2D eigenvalue weighted by Crippen LogP contribution is -2.42. The van der Waals surface area contributed by atoms with Crippen molar-refractivity contribution >= 4 is 11.6 Å². The number of halogens is 1. The Morgan fingerprint density at radius 1 is 1.24 bits per heavy atom. The first-order chi connectivity index (χ1) is 9.85. The molecule has 1 atom stereocenters. The van der Waals surface area contributed by atoms with Crippen molar-refractivity contribution in [1.82, 2.24) is 15.2 Å². The molecule has 5 nitrogen and oxygen atoms in total. The molecule has 0 bridgehead atoms. The second-order valence-electron chi connectivity index (χ2n) is 6.28. The maximum Gasteiger partial charge on any atom is 0.191 e. The highest BCUT2D eigenvalue weighted by atomic mass is 35.5. The maximum atomic E-state index is 9.99. The zero-order valence-electron chi connectivity index (χ0n) is 12.4. The summed E-state index contributed by atoms with van der Waals surface area (Å²) >= 11 is 5.89. The Labute approximate surface area is 129 Å². The Bertz CT molecular complexity index is 564. The number of H-pyrrole nitrogens is 1. The van der Waals surface area contributed by atoms with Gasteiger partial charge in [0.2, 0.25) is 0 Å². The molecule has 0 amide bonds. The topological polar surface area (TPSA) is 71.0 Å². The number of ether oxygens (including phenoxy) is 1. The van der Waals surface area contributed by atoms with Gasteiger partial charge in [-0.2, -0.15) is 5.10 Å². The van der Waals surface area contributed by atoms with Crippen molar-refractivity contribution in [2.75, 3.05) is 6.61 Å². The van der Waals surface area contributed by atoms with Gasteiger partial charge in [0.15, 0.2) is 11.4 Å². The molecule has 0 fully saturated rings. The molecule has 0 aliphatic rings. The van der Waals surface area contributed by atoms with E-state index in [9.17, 15) is 5.11 Å². The lowest BCUT2D eigenvalue weighted by Gasteiger charge is -2.36. The normalized spacial score (nSPS) is 14.7. The van der Waals surface area contributed by atoms with E-state index < -0.39 is 5.60 Å². The smallest absolute Gasteiger partial charge is 0.191 e. The van der Waals surface area contributed by atoms with Gasteiger partial charge in [-0.05, 0) is 29.7 Å². The third-order valence-corrected chi connectivity index (χ3v) is 3.30. The monoisotopic (exact) mass is 309 g/mol. The first-order valence-electron chi connectivity index (χ1n) is 6.76. The van der Waals surface area contributed by atoms with Crippen molar-refractivity contribution in [3.8, 4) is 5.75 Å². The van der Waals surface area contributed by atoms with Crippen molar-refractivity contribution in [2.45, 2.75) is 32.8 Å². The van der Waals surface area contributed by atoms with Crippen LogP contribution < -0.4 is 4.74 Å². The Morgan fingerprint density at radius 3 is 2.38 bits per heavy atom. The molecule has 0 aliphatic carbocycles. The molecule has 0 aliphatic heterocycles. The minimum Gasteiger partial charge on any atom is -0.477 e. The van der Waals surface area contributed by atoms with E-state index in [1.165, 1.54) is 6.33 Å². The van der Waals surface area contributed by atoms with Crippen LogP contribution in [0.15, 0.2) is 30.6 Å². The van der Waals surface area contributed by atoms with Gasteiger partial charge in [0.25, 0.3) is 0 Å². The summed E-state index contributed by atoms with van der Waals surface area (Å²) in [5, 5.41) is 17.3. The van der Waals surface area contributed by atoms with Gasteiger partial charge in [-0.25, -0.2) is 4.98 Å². The number of benzene rings is 1. The first-order valence-corrected chi connectivity index (χ1v) is 7.14. The van der Waals surface area contributed by atoms with Crippen LogP contribution in [0, 0.1) is 5.41 Å². The van der Waals surface area contributed by atoms with Crippen molar-refractivity contribution in [3.63, 3.8) is 0 Å². The number of rotatable bonds is 5. The molecule has 0 saturated carbocycles. The largest absolute Gasteiger partial charge is 0.477 e. The van der Waals surface area contributed by atoms with E-state index >= 15 is 0 Å². The summed E-state index contributed by atoms with van der Waals surface area (Å²) in [5.74, 6) is 1.13. The number of aliphatic hydroxyl groups is 1. The number of nitrogens with one attached hydrogen (secondary N) is 1. The predicted molar refractivity (Wildman–Crippen MR) is 81.3 cm³/mol. The van der Waals surface area contributed by atoms with Gasteiger partial charge in [0.1, 0.15) is 12.1 Å². The summed E-state index contributed by atoms with van der Waals surface area (Å²) < 4.78 is 6.08. The molecule has 0 spiro atoms. The van der Waals surface area contributed by atoms with Gasteiger partial charge in [0.05, 0.1) is 6.61 Å². The Hall–Kier alpha value is -1.59. The number of nitrogens with zero attached hydrogens (tertiary/aromatic N) is 2. The summed E-state index contributed by atoms with van der Waals surface area (Å²) in [7, 11) is 0. The molecular formula is C15H20ClN3O2. The molecular weight excluding hydrogens is 290 g/mol. The highest BCUT2D eigenvalue weighted by Gasteiger charge is 2.41. The fourth-order valence-corrected chi connectivity index (χ4v) is 2.47. The molecule has 1 aromatic carbocycles. The second-order valence-corrected chi connectivity index (χ2v) is 6.72. The Morgan fingerprint density at radius 2 is 1.90 bits per heavy atom. The van der Waals surface area contributed by atoms with Crippen LogP contribution in [-0.2, 0) is 5.60 Å². The van der Waals surface area contributed by atoms with Crippen LogP contribution in [-0.4, -0.2) is 26.9 Å². The van der Waals surface area contributed by atoms with E-state index in [0.717, 1.165) is 0 Å². The number of hydrogen-bond donors (Lipinski definition) is 2. The van der Waals surface area contributed by atoms with E-state index in [0.29, 0.717) is 23.0 Å². The summed E-state index contributed by atoms with van der Waals surface area (Å²) in [6, 6.07) is 7.03. The summed E-state index contributed by atoms with van der Waals surface area (Å²) in [5.41, 5.74) is -1.04. The van der Waals surface area contributed by atoms with E-state index in [1.807, 2.05) is 0 Å². The first kappa shape index (κ1) is 15.8. The fraction of sp³-hybridized carbons (Fsp3) is 0.467. The quantitative estimate of drug-likeness (QED) is 0.890. The molecule has 6 heteroatoms. The van der Waals surface area contributed by atoms with Gasteiger partial charge >= 0.3 is 0 Å². The number of aromatic nitrogens is 3. The van der Waals surface area contributed by atoms with Crippen LogP contribution in [0.3, 0.4) is 0 Å². The van der Waals surface area contributed by atoms with Crippen LogP contribution in [0.1, 0.15) is 33.0 Å². The van der Waals surface area contributed by atoms with E-state index in [4.69, 9.17) is 16.3 Å². The molecule has 1 unspecified atom stereocenters. The lowest BCUT2D eigenvalue weighted by molar-refractivity contribution is -0.0328. The molecule has 21 heavy (non-hydrogen) atoms. The van der Waals surface area contributed by atoms with E-state index in [1.54, 1.807) is 24.3 Å². The fourth-order valence-electron chi connectivity index (χ4n) is 2.34. The molecule has 1 aromatic heterocycles. The zero-order chi connectivity index (χ0) is 15.5.